The molecule has 0 radical (unpaired) electrons. The van der Waals surface area contributed by atoms with E-state index < -0.39 is 17.8 Å². The van der Waals surface area contributed by atoms with Gasteiger partial charge in [0.05, 0.1) is 11.7 Å². The fourth-order valence-corrected chi connectivity index (χ4v) is 1.54. The molecule has 0 spiro atoms. The molecule has 0 aliphatic heterocycles. The van der Waals surface area contributed by atoms with E-state index >= 15 is 0 Å². The van der Waals surface area contributed by atoms with Crippen LogP contribution < -0.4 is 4.90 Å². The SMILES string of the molecule is CC(O)CN(C)c1cc(C(F)(F)F)cc(Cl)n1. The smallest absolute Gasteiger partial charge is 0.392 e. The van der Waals surface area contributed by atoms with Gasteiger partial charge in [0, 0.05) is 13.6 Å². The topological polar surface area (TPSA) is 36.4 Å². The van der Waals surface area contributed by atoms with E-state index in [0.717, 1.165) is 12.1 Å². The third kappa shape index (κ3) is 4.05. The number of aromatic nitrogens is 1. The number of hydrogen-bond acceptors (Lipinski definition) is 3. The van der Waals surface area contributed by atoms with Crippen molar-refractivity contribution in [3.05, 3.63) is 22.8 Å². The molecule has 0 saturated heterocycles. The summed E-state index contributed by atoms with van der Waals surface area (Å²) in [5.74, 6) is 0.0747. The highest BCUT2D eigenvalue weighted by Gasteiger charge is 2.31. The molecule has 0 bridgehead atoms. The van der Waals surface area contributed by atoms with Gasteiger partial charge in [-0.25, -0.2) is 4.98 Å². The Morgan fingerprint density at radius 3 is 2.53 bits per heavy atom. The Kier molecular flexibility index (Phi) is 4.21. The zero-order chi connectivity index (χ0) is 13.2. The molecule has 0 aromatic carbocycles. The van der Waals surface area contributed by atoms with Gasteiger partial charge in [-0.3, -0.25) is 0 Å². The molecule has 17 heavy (non-hydrogen) atoms. The van der Waals surface area contributed by atoms with Crippen LogP contribution in [0, 0.1) is 0 Å². The maximum absolute atomic E-state index is 12.5. The summed E-state index contributed by atoms with van der Waals surface area (Å²) in [7, 11) is 1.53. The second kappa shape index (κ2) is 5.10. The summed E-state index contributed by atoms with van der Waals surface area (Å²) < 4.78 is 37.6. The summed E-state index contributed by atoms with van der Waals surface area (Å²) in [6, 6.07) is 1.66. The molecule has 7 heteroatoms. The lowest BCUT2D eigenvalue weighted by Gasteiger charge is -2.21. The van der Waals surface area contributed by atoms with Gasteiger partial charge in [0.1, 0.15) is 11.0 Å². The van der Waals surface area contributed by atoms with Gasteiger partial charge in [0.25, 0.3) is 0 Å². The van der Waals surface area contributed by atoms with E-state index in [1.165, 1.54) is 18.9 Å². The number of aliphatic hydroxyl groups excluding tert-OH is 1. The number of rotatable bonds is 3. The van der Waals surface area contributed by atoms with Crippen LogP contribution in [-0.4, -0.2) is 29.8 Å². The number of pyridine rings is 1. The predicted molar refractivity (Wildman–Crippen MR) is 59.2 cm³/mol. The van der Waals surface area contributed by atoms with Crippen LogP contribution in [0.4, 0.5) is 19.0 Å². The summed E-state index contributed by atoms with van der Waals surface area (Å²) >= 11 is 5.54. The summed E-state index contributed by atoms with van der Waals surface area (Å²) in [4.78, 5) is 5.19. The van der Waals surface area contributed by atoms with Gasteiger partial charge in [0.15, 0.2) is 0 Å². The number of anilines is 1. The van der Waals surface area contributed by atoms with Crippen LogP contribution in [0.5, 0.6) is 0 Å². The Balaban J connectivity index is 3.05. The van der Waals surface area contributed by atoms with Crippen molar-refractivity contribution in [1.82, 2.24) is 4.98 Å². The summed E-state index contributed by atoms with van der Waals surface area (Å²) in [6.07, 6.45) is -5.14. The molecule has 0 aliphatic carbocycles. The molecule has 0 saturated carbocycles. The molecule has 1 unspecified atom stereocenters. The molecule has 1 heterocycles. The van der Waals surface area contributed by atoms with Crippen molar-refractivity contribution in [3.8, 4) is 0 Å². The number of halogens is 4. The fourth-order valence-electron chi connectivity index (χ4n) is 1.33. The van der Waals surface area contributed by atoms with Gasteiger partial charge >= 0.3 is 6.18 Å². The van der Waals surface area contributed by atoms with E-state index in [1.807, 2.05) is 0 Å². The Morgan fingerprint density at radius 2 is 2.06 bits per heavy atom. The minimum absolute atomic E-state index is 0.0747. The molecule has 1 aromatic rings. The lowest BCUT2D eigenvalue weighted by Crippen LogP contribution is -2.28. The van der Waals surface area contributed by atoms with E-state index in [4.69, 9.17) is 16.7 Å². The molecule has 0 amide bonds. The van der Waals surface area contributed by atoms with E-state index in [-0.39, 0.29) is 17.5 Å². The number of hydrogen-bond donors (Lipinski definition) is 1. The van der Waals surface area contributed by atoms with Gasteiger partial charge in [-0.1, -0.05) is 11.6 Å². The van der Waals surface area contributed by atoms with E-state index in [2.05, 4.69) is 4.98 Å². The van der Waals surface area contributed by atoms with Crippen LogP contribution >= 0.6 is 11.6 Å². The van der Waals surface area contributed by atoms with Gasteiger partial charge in [-0.15, -0.1) is 0 Å². The quantitative estimate of drug-likeness (QED) is 0.856. The molecule has 96 valence electrons. The molecular weight excluding hydrogens is 257 g/mol. The number of likely N-dealkylation sites (N-methyl/N-ethyl adjacent to an activating group) is 1. The maximum atomic E-state index is 12.5. The number of nitrogens with zero attached hydrogens (tertiary/aromatic N) is 2. The van der Waals surface area contributed by atoms with E-state index in [0.29, 0.717) is 0 Å². The fraction of sp³-hybridized carbons (Fsp3) is 0.500. The predicted octanol–water partition coefficient (Wildman–Crippen LogP) is 2.57. The highest BCUT2D eigenvalue weighted by atomic mass is 35.5. The lowest BCUT2D eigenvalue weighted by molar-refractivity contribution is -0.137. The largest absolute Gasteiger partial charge is 0.416 e. The third-order valence-corrected chi connectivity index (χ3v) is 2.23. The van der Waals surface area contributed by atoms with Crippen LogP contribution in [0.3, 0.4) is 0 Å². The Hall–Kier alpha value is -1.01. The van der Waals surface area contributed by atoms with Gasteiger partial charge in [-0.05, 0) is 19.1 Å². The van der Waals surface area contributed by atoms with Crippen molar-refractivity contribution < 1.29 is 18.3 Å². The summed E-state index contributed by atoms with van der Waals surface area (Å²) in [5.41, 5.74) is -0.857. The molecule has 0 aliphatic rings. The lowest BCUT2D eigenvalue weighted by atomic mass is 10.2. The van der Waals surface area contributed by atoms with Crippen LogP contribution in [0.1, 0.15) is 12.5 Å². The molecule has 3 nitrogen and oxygen atoms in total. The first-order valence-corrected chi connectivity index (χ1v) is 5.22. The van der Waals surface area contributed by atoms with Crippen molar-refractivity contribution in [2.24, 2.45) is 0 Å². The Morgan fingerprint density at radius 1 is 1.47 bits per heavy atom. The molecule has 1 rings (SSSR count). The van der Waals surface area contributed by atoms with Crippen LogP contribution in [0.2, 0.25) is 5.15 Å². The second-order valence-corrected chi connectivity index (χ2v) is 4.15. The minimum atomic E-state index is -4.47. The standard InChI is InChI=1S/C10H12ClF3N2O/c1-6(17)5-16(2)9-4-7(10(12,13)14)3-8(11)15-9/h3-4,6,17H,5H2,1-2H3. The van der Waals surface area contributed by atoms with Crippen molar-refractivity contribution in [2.45, 2.75) is 19.2 Å². The average molecular weight is 269 g/mol. The van der Waals surface area contributed by atoms with Crippen molar-refractivity contribution in [2.75, 3.05) is 18.5 Å². The van der Waals surface area contributed by atoms with Gasteiger partial charge in [0.2, 0.25) is 0 Å². The van der Waals surface area contributed by atoms with Crippen molar-refractivity contribution >= 4 is 17.4 Å². The van der Waals surface area contributed by atoms with Gasteiger partial charge < -0.3 is 10.0 Å². The Labute approximate surface area is 102 Å². The first-order valence-electron chi connectivity index (χ1n) is 4.84. The van der Waals surface area contributed by atoms with E-state index in [1.54, 1.807) is 0 Å². The van der Waals surface area contributed by atoms with Gasteiger partial charge in [-0.2, -0.15) is 13.2 Å². The molecular formula is C10H12ClF3N2O. The van der Waals surface area contributed by atoms with Crippen LogP contribution in [0.25, 0.3) is 0 Å². The third-order valence-electron chi connectivity index (χ3n) is 2.04. The van der Waals surface area contributed by atoms with E-state index in [9.17, 15) is 13.2 Å². The normalized spacial score (nSPS) is 13.6. The van der Waals surface area contributed by atoms with Crippen molar-refractivity contribution in [3.63, 3.8) is 0 Å². The molecule has 1 aromatic heterocycles. The molecule has 0 fully saturated rings. The summed E-state index contributed by atoms with van der Waals surface area (Å²) in [5, 5.41) is 8.93. The molecule has 1 N–H and O–H groups in total. The first-order chi connectivity index (χ1) is 7.70. The van der Waals surface area contributed by atoms with Crippen LogP contribution in [-0.2, 0) is 6.18 Å². The minimum Gasteiger partial charge on any atom is -0.392 e. The van der Waals surface area contributed by atoms with Crippen LogP contribution in [0.15, 0.2) is 12.1 Å². The zero-order valence-corrected chi connectivity index (χ0v) is 10.0. The highest BCUT2D eigenvalue weighted by molar-refractivity contribution is 6.29. The number of aliphatic hydroxyl groups is 1. The Bertz CT molecular complexity index is 396. The zero-order valence-electron chi connectivity index (χ0n) is 9.29. The molecule has 1 atom stereocenters. The average Bonchev–Trinajstić information content (AvgIpc) is 2.14. The highest BCUT2D eigenvalue weighted by Crippen LogP contribution is 2.32. The number of alkyl halides is 3. The first kappa shape index (κ1) is 14.1. The van der Waals surface area contributed by atoms with Crippen molar-refractivity contribution in [1.29, 1.82) is 0 Å². The monoisotopic (exact) mass is 268 g/mol. The second-order valence-electron chi connectivity index (χ2n) is 3.76. The summed E-state index contributed by atoms with van der Waals surface area (Å²) in [6.45, 7) is 1.70. The maximum Gasteiger partial charge on any atom is 0.416 e.